The number of carbonyl (C=O) groups excluding carboxylic acids is 3. The third-order valence-corrected chi connectivity index (χ3v) is 8.57. The molecular weight excluding hydrogens is 669 g/mol. The molecule has 0 unspecified atom stereocenters. The zero-order valence-electron chi connectivity index (χ0n) is 22.9. The summed E-state index contributed by atoms with van der Waals surface area (Å²) in [7, 11) is 0. The number of benzene rings is 2. The second kappa shape index (κ2) is 14.9. The first-order valence-corrected chi connectivity index (χ1v) is 15.6. The fraction of sp³-hybridized carbons (Fsp3) is 0.310. The SMILES string of the molecule is CCOC(=O)c1c(NC(=O)C(=O)N/N=C/c2cc(Br)c(OCc3ccc(Cl)cc3Cl)c(OCC)c2)sc2c1CCCC2. The second-order valence-corrected chi connectivity index (χ2v) is 11.9. The molecule has 4 rings (SSSR count). The molecule has 2 amide bonds. The van der Waals surface area contributed by atoms with Gasteiger partial charge in [0.25, 0.3) is 0 Å². The average Bonchev–Trinajstić information content (AvgIpc) is 3.31. The van der Waals surface area contributed by atoms with Gasteiger partial charge < -0.3 is 19.5 Å². The number of carbonyl (C=O) groups is 3. The lowest BCUT2D eigenvalue weighted by atomic mass is 9.95. The number of nitrogens with one attached hydrogen (secondary N) is 2. The van der Waals surface area contributed by atoms with E-state index >= 15 is 0 Å². The minimum absolute atomic E-state index is 0.179. The number of ether oxygens (including phenoxy) is 3. The Hall–Kier alpha value is -3.12. The number of amides is 2. The van der Waals surface area contributed by atoms with Crippen molar-refractivity contribution in [2.75, 3.05) is 18.5 Å². The molecule has 0 fully saturated rings. The van der Waals surface area contributed by atoms with Gasteiger partial charge in [-0.3, -0.25) is 9.59 Å². The summed E-state index contributed by atoms with van der Waals surface area (Å²) < 4.78 is 17.5. The van der Waals surface area contributed by atoms with Crippen LogP contribution in [0.2, 0.25) is 10.0 Å². The van der Waals surface area contributed by atoms with Gasteiger partial charge in [0.2, 0.25) is 0 Å². The van der Waals surface area contributed by atoms with Gasteiger partial charge in [0.1, 0.15) is 11.6 Å². The van der Waals surface area contributed by atoms with E-state index < -0.39 is 17.8 Å². The molecule has 0 atom stereocenters. The van der Waals surface area contributed by atoms with E-state index in [2.05, 4.69) is 31.8 Å². The van der Waals surface area contributed by atoms with Gasteiger partial charge in [0.05, 0.1) is 29.5 Å². The number of nitrogens with zero attached hydrogens (tertiary/aromatic N) is 1. The molecular formula is C29H28BrCl2N3O6S. The predicted molar refractivity (Wildman–Crippen MR) is 167 cm³/mol. The summed E-state index contributed by atoms with van der Waals surface area (Å²) in [6, 6.07) is 8.56. The van der Waals surface area contributed by atoms with Crippen molar-refractivity contribution < 1.29 is 28.6 Å². The summed E-state index contributed by atoms with van der Waals surface area (Å²) in [6.45, 7) is 4.32. The zero-order chi connectivity index (χ0) is 30.2. The molecule has 0 spiro atoms. The fourth-order valence-corrected chi connectivity index (χ4v) is 6.61. The lowest BCUT2D eigenvalue weighted by molar-refractivity contribution is -0.136. The number of thiophene rings is 1. The molecule has 1 aliphatic rings. The molecule has 3 aromatic rings. The third kappa shape index (κ3) is 7.83. The molecule has 1 aromatic heterocycles. The van der Waals surface area contributed by atoms with Crippen LogP contribution in [0.5, 0.6) is 11.5 Å². The van der Waals surface area contributed by atoms with Crippen molar-refractivity contribution in [2.45, 2.75) is 46.1 Å². The van der Waals surface area contributed by atoms with Gasteiger partial charge in [0, 0.05) is 20.5 Å². The minimum atomic E-state index is -0.990. The minimum Gasteiger partial charge on any atom is -0.490 e. The molecule has 1 aliphatic carbocycles. The van der Waals surface area contributed by atoms with Crippen LogP contribution in [0.25, 0.3) is 0 Å². The fourth-order valence-electron chi connectivity index (χ4n) is 4.30. The van der Waals surface area contributed by atoms with Crippen LogP contribution in [0.1, 0.15) is 58.6 Å². The Morgan fingerprint density at radius 1 is 1.05 bits per heavy atom. The van der Waals surface area contributed by atoms with Gasteiger partial charge in [-0.25, -0.2) is 10.2 Å². The Bertz CT molecular complexity index is 1530. The van der Waals surface area contributed by atoms with Crippen molar-refractivity contribution >= 4 is 79.5 Å². The first-order valence-electron chi connectivity index (χ1n) is 13.2. The quantitative estimate of drug-likeness (QED) is 0.103. The van der Waals surface area contributed by atoms with Crippen molar-refractivity contribution in [3.63, 3.8) is 0 Å². The maximum absolute atomic E-state index is 12.7. The van der Waals surface area contributed by atoms with Gasteiger partial charge in [-0.2, -0.15) is 5.10 Å². The number of halogens is 3. The molecule has 222 valence electrons. The van der Waals surface area contributed by atoms with Crippen LogP contribution in [0.4, 0.5) is 5.00 Å². The van der Waals surface area contributed by atoms with Crippen LogP contribution in [0, 0.1) is 0 Å². The normalized spacial score (nSPS) is 12.5. The number of hydrogen-bond donors (Lipinski definition) is 2. The van der Waals surface area contributed by atoms with E-state index in [1.807, 2.05) is 6.92 Å². The highest BCUT2D eigenvalue weighted by molar-refractivity contribution is 9.10. The lowest BCUT2D eigenvalue weighted by Gasteiger charge is -2.15. The molecule has 42 heavy (non-hydrogen) atoms. The number of hydrogen-bond acceptors (Lipinski definition) is 8. The van der Waals surface area contributed by atoms with E-state index in [-0.39, 0.29) is 13.2 Å². The molecule has 0 saturated heterocycles. The number of fused-ring (bicyclic) bond motifs is 1. The standard InChI is InChI=1S/C29H28BrCl2N3O6S/c1-3-39-22-12-16(11-20(30)25(22)41-15-17-9-10-18(31)13-21(17)32)14-33-35-27(37)26(36)34-28-24(29(38)40-4-2)19-7-5-6-8-23(19)42-28/h9-14H,3-8,15H2,1-2H3,(H,34,36)(H,35,37)/b33-14+. The van der Waals surface area contributed by atoms with Crippen LogP contribution in [-0.2, 0) is 33.8 Å². The summed E-state index contributed by atoms with van der Waals surface area (Å²) in [5.41, 5.74) is 4.76. The van der Waals surface area contributed by atoms with E-state index in [1.54, 1.807) is 37.3 Å². The molecule has 13 heteroatoms. The highest BCUT2D eigenvalue weighted by atomic mass is 79.9. The molecule has 2 N–H and O–H groups in total. The highest BCUT2D eigenvalue weighted by Crippen LogP contribution is 2.39. The van der Waals surface area contributed by atoms with Crippen molar-refractivity contribution in [3.8, 4) is 11.5 Å². The lowest BCUT2D eigenvalue weighted by Crippen LogP contribution is -2.32. The molecule has 9 nitrogen and oxygen atoms in total. The Morgan fingerprint density at radius 2 is 1.83 bits per heavy atom. The van der Waals surface area contributed by atoms with Crippen LogP contribution in [-0.4, -0.2) is 37.2 Å². The van der Waals surface area contributed by atoms with E-state index in [1.165, 1.54) is 17.6 Å². The Labute approximate surface area is 265 Å². The predicted octanol–water partition coefficient (Wildman–Crippen LogP) is 6.94. The van der Waals surface area contributed by atoms with Crippen LogP contribution < -0.4 is 20.2 Å². The molecule has 2 aromatic carbocycles. The topological polar surface area (TPSA) is 115 Å². The molecule has 0 saturated carbocycles. The summed E-state index contributed by atoms with van der Waals surface area (Å²) >= 11 is 17.0. The highest BCUT2D eigenvalue weighted by Gasteiger charge is 2.28. The van der Waals surface area contributed by atoms with E-state index in [0.29, 0.717) is 48.8 Å². The molecule has 0 bridgehead atoms. The maximum atomic E-state index is 12.7. The molecule has 0 aliphatic heterocycles. The van der Waals surface area contributed by atoms with Gasteiger partial charge in [-0.1, -0.05) is 29.3 Å². The number of rotatable bonds is 10. The monoisotopic (exact) mass is 695 g/mol. The van der Waals surface area contributed by atoms with E-state index in [9.17, 15) is 14.4 Å². The summed E-state index contributed by atoms with van der Waals surface area (Å²) in [4.78, 5) is 38.8. The largest absolute Gasteiger partial charge is 0.490 e. The number of hydrazone groups is 1. The number of aryl methyl sites for hydroxylation is 1. The summed E-state index contributed by atoms with van der Waals surface area (Å²) in [5.74, 6) is -1.55. The summed E-state index contributed by atoms with van der Waals surface area (Å²) in [6.07, 6.45) is 4.86. The number of anilines is 1. The average molecular weight is 697 g/mol. The van der Waals surface area contributed by atoms with Gasteiger partial charge in [-0.05, 0) is 90.9 Å². The second-order valence-electron chi connectivity index (χ2n) is 9.08. The first-order chi connectivity index (χ1) is 20.2. The van der Waals surface area contributed by atoms with Crippen molar-refractivity contribution in [2.24, 2.45) is 5.10 Å². The van der Waals surface area contributed by atoms with Gasteiger partial charge >= 0.3 is 17.8 Å². The first kappa shape index (κ1) is 31.8. The molecule has 1 heterocycles. The van der Waals surface area contributed by atoms with Crippen molar-refractivity contribution in [3.05, 3.63) is 72.0 Å². The maximum Gasteiger partial charge on any atom is 0.341 e. The van der Waals surface area contributed by atoms with Gasteiger partial charge in [0.15, 0.2) is 11.5 Å². The third-order valence-electron chi connectivity index (χ3n) is 6.18. The van der Waals surface area contributed by atoms with Crippen LogP contribution in [0.3, 0.4) is 0 Å². The Balaban J connectivity index is 1.43. The van der Waals surface area contributed by atoms with Gasteiger partial charge in [-0.15, -0.1) is 11.3 Å². The Kier molecular flexibility index (Phi) is 11.3. The van der Waals surface area contributed by atoms with Crippen molar-refractivity contribution in [1.82, 2.24) is 5.43 Å². The smallest absolute Gasteiger partial charge is 0.341 e. The van der Waals surface area contributed by atoms with Crippen LogP contribution >= 0.6 is 50.5 Å². The molecule has 0 radical (unpaired) electrons. The van der Waals surface area contributed by atoms with E-state index in [0.717, 1.165) is 41.7 Å². The van der Waals surface area contributed by atoms with Crippen molar-refractivity contribution in [1.29, 1.82) is 0 Å². The summed E-state index contributed by atoms with van der Waals surface area (Å²) in [5, 5.41) is 7.81. The number of esters is 1. The van der Waals surface area contributed by atoms with Crippen LogP contribution in [0.15, 0.2) is 39.9 Å². The van der Waals surface area contributed by atoms with E-state index in [4.69, 9.17) is 37.4 Å². The Morgan fingerprint density at radius 3 is 2.57 bits per heavy atom. The zero-order valence-corrected chi connectivity index (χ0v) is 26.8.